The second-order valence-electron chi connectivity index (χ2n) is 14.6. The maximum atomic E-state index is 13.6. The van der Waals surface area contributed by atoms with Crippen molar-refractivity contribution in [1.29, 1.82) is 0 Å². The minimum Gasteiger partial charge on any atom is -0.461 e. The fourth-order valence-electron chi connectivity index (χ4n) is 8.30. The molecule has 0 aromatic heterocycles. The first-order valence-corrected chi connectivity index (χ1v) is 16.8. The first kappa shape index (κ1) is 34.2. The number of aliphatic hydroxyl groups excluding tert-OH is 1. The number of carbonyl (C=O) groups excluding carboxylic acids is 4. The van der Waals surface area contributed by atoms with E-state index in [1.165, 1.54) is 18.7 Å². The van der Waals surface area contributed by atoms with E-state index in [0.717, 1.165) is 19.3 Å². The standard InChI is InChI=1S/C35H50N2O6S/c1-9-33(7)18-27(34(8)21(2)14-16-35(22(3)30(33)41)17-15-26(39)29(34)35)43-28(40)19-44-32(5,6)20-36-31(42)24-10-12-25(13-11-24)37-23(4)38/h9-13,21-22,27,29-30,41H,1,14-20H2,2-8H3,(H,36,42)(H,37,38)/t21-,22+,27-,29-,30+,33-,34+,35+/m1/s1. The van der Waals surface area contributed by atoms with Crippen LogP contribution >= 0.6 is 11.8 Å². The molecule has 3 saturated carbocycles. The van der Waals surface area contributed by atoms with Gasteiger partial charge >= 0.3 is 5.97 Å². The third-order valence-corrected chi connectivity index (χ3v) is 12.6. The molecule has 1 aromatic carbocycles. The van der Waals surface area contributed by atoms with Crippen molar-refractivity contribution in [3.8, 4) is 0 Å². The van der Waals surface area contributed by atoms with Crippen LogP contribution in [-0.2, 0) is 19.1 Å². The van der Waals surface area contributed by atoms with Crippen molar-refractivity contribution < 1.29 is 29.0 Å². The van der Waals surface area contributed by atoms with Crippen molar-refractivity contribution in [1.82, 2.24) is 5.32 Å². The Balaban J connectivity index is 1.45. The number of hydrogen-bond acceptors (Lipinski definition) is 7. The Bertz CT molecular complexity index is 1300. The van der Waals surface area contributed by atoms with Crippen LogP contribution in [0.4, 0.5) is 5.69 Å². The number of carbonyl (C=O) groups is 4. The van der Waals surface area contributed by atoms with Gasteiger partial charge in [0.15, 0.2) is 0 Å². The van der Waals surface area contributed by atoms with Gasteiger partial charge in [0.1, 0.15) is 11.9 Å². The summed E-state index contributed by atoms with van der Waals surface area (Å²) in [6.07, 6.45) is 4.04. The molecule has 0 radical (unpaired) electrons. The van der Waals surface area contributed by atoms with E-state index in [1.54, 1.807) is 30.3 Å². The average Bonchev–Trinajstić information content (AvgIpc) is 3.33. The highest BCUT2D eigenvalue weighted by Crippen LogP contribution is 2.68. The van der Waals surface area contributed by atoms with E-state index in [0.29, 0.717) is 30.6 Å². The number of Topliss-reactive ketones (excluding diaryl/α,β-unsaturated/α-hetero) is 1. The summed E-state index contributed by atoms with van der Waals surface area (Å²) in [7, 11) is 0. The number of anilines is 1. The molecule has 242 valence electrons. The number of esters is 1. The van der Waals surface area contributed by atoms with E-state index < -0.39 is 27.8 Å². The first-order valence-electron chi connectivity index (χ1n) is 15.8. The van der Waals surface area contributed by atoms with Gasteiger partial charge in [-0.05, 0) is 81.0 Å². The summed E-state index contributed by atoms with van der Waals surface area (Å²) in [6.45, 7) is 18.2. The predicted octanol–water partition coefficient (Wildman–Crippen LogP) is 5.79. The van der Waals surface area contributed by atoms with Gasteiger partial charge in [-0.3, -0.25) is 19.2 Å². The van der Waals surface area contributed by atoms with Crippen molar-refractivity contribution in [2.24, 2.45) is 34.0 Å². The summed E-state index contributed by atoms with van der Waals surface area (Å²) >= 11 is 1.41. The first-order chi connectivity index (χ1) is 20.5. The number of ketones is 1. The van der Waals surface area contributed by atoms with Crippen molar-refractivity contribution >= 4 is 41.0 Å². The van der Waals surface area contributed by atoms with Crippen LogP contribution in [0.3, 0.4) is 0 Å². The Morgan fingerprint density at radius 3 is 2.43 bits per heavy atom. The lowest BCUT2D eigenvalue weighted by molar-refractivity contribution is -0.205. The number of amides is 2. The molecule has 0 unspecified atom stereocenters. The van der Waals surface area contributed by atoms with Gasteiger partial charge in [0.05, 0.1) is 11.9 Å². The Hall–Kier alpha value is -2.65. The maximum Gasteiger partial charge on any atom is 0.316 e. The quantitative estimate of drug-likeness (QED) is 0.234. The largest absolute Gasteiger partial charge is 0.461 e. The fraction of sp³-hybridized carbons (Fsp3) is 0.657. The van der Waals surface area contributed by atoms with E-state index in [9.17, 15) is 24.3 Å². The Morgan fingerprint density at radius 1 is 1.16 bits per heavy atom. The Morgan fingerprint density at radius 2 is 1.82 bits per heavy atom. The molecule has 1 aromatic rings. The highest BCUT2D eigenvalue weighted by atomic mass is 32.2. The minimum atomic E-state index is -0.703. The topological polar surface area (TPSA) is 122 Å². The van der Waals surface area contributed by atoms with Gasteiger partial charge in [0.2, 0.25) is 5.91 Å². The van der Waals surface area contributed by atoms with Crippen LogP contribution < -0.4 is 10.6 Å². The molecule has 0 spiro atoms. The van der Waals surface area contributed by atoms with Gasteiger partial charge in [-0.2, -0.15) is 0 Å². The van der Waals surface area contributed by atoms with Crippen LogP contribution in [0, 0.1) is 34.0 Å². The van der Waals surface area contributed by atoms with Crippen LogP contribution in [-0.4, -0.2) is 57.9 Å². The predicted molar refractivity (Wildman–Crippen MR) is 174 cm³/mol. The number of rotatable bonds is 9. The highest BCUT2D eigenvalue weighted by molar-refractivity contribution is 8.01. The molecule has 8 atom stereocenters. The third-order valence-electron chi connectivity index (χ3n) is 11.3. The summed E-state index contributed by atoms with van der Waals surface area (Å²) in [5, 5.41) is 17.3. The van der Waals surface area contributed by atoms with Gasteiger partial charge in [-0.25, -0.2) is 0 Å². The van der Waals surface area contributed by atoms with Gasteiger partial charge in [0.25, 0.3) is 5.91 Å². The molecule has 3 N–H and O–H groups in total. The van der Waals surface area contributed by atoms with E-state index in [1.807, 2.05) is 20.8 Å². The second-order valence-corrected chi connectivity index (χ2v) is 16.2. The number of ether oxygens (including phenoxy) is 1. The summed E-state index contributed by atoms with van der Waals surface area (Å²) in [5.74, 6) is -0.639. The maximum absolute atomic E-state index is 13.6. The summed E-state index contributed by atoms with van der Waals surface area (Å²) in [6, 6.07) is 6.65. The normalized spacial score (nSPS) is 35.1. The van der Waals surface area contributed by atoms with Crippen molar-refractivity contribution in [3.63, 3.8) is 0 Å². The number of thioether (sulfide) groups is 1. The zero-order valence-electron chi connectivity index (χ0n) is 27.3. The lowest BCUT2D eigenvalue weighted by Crippen LogP contribution is -2.63. The molecule has 9 heteroatoms. The van der Waals surface area contributed by atoms with Crippen LogP contribution in [0.5, 0.6) is 0 Å². The Kier molecular flexibility index (Phi) is 9.82. The smallest absolute Gasteiger partial charge is 0.316 e. The van der Waals surface area contributed by atoms with Crippen LogP contribution in [0.1, 0.15) is 90.9 Å². The second kappa shape index (κ2) is 12.6. The highest BCUT2D eigenvalue weighted by Gasteiger charge is 2.68. The van der Waals surface area contributed by atoms with Crippen LogP contribution in [0.15, 0.2) is 36.9 Å². The van der Waals surface area contributed by atoms with Gasteiger partial charge < -0.3 is 20.5 Å². The lowest BCUT2D eigenvalue weighted by atomic mass is 9.44. The average molecular weight is 627 g/mol. The summed E-state index contributed by atoms with van der Waals surface area (Å²) in [4.78, 5) is 51.1. The minimum absolute atomic E-state index is 0.0767. The molecule has 8 nitrogen and oxygen atoms in total. The number of hydrogen-bond donors (Lipinski definition) is 3. The molecule has 0 aliphatic heterocycles. The zero-order chi connectivity index (χ0) is 32.7. The van der Waals surface area contributed by atoms with E-state index >= 15 is 0 Å². The number of benzene rings is 1. The molecule has 3 fully saturated rings. The molecule has 3 aliphatic rings. The molecular formula is C35H50N2O6S. The zero-order valence-corrected chi connectivity index (χ0v) is 28.1. The van der Waals surface area contributed by atoms with Crippen molar-refractivity contribution in [2.75, 3.05) is 17.6 Å². The van der Waals surface area contributed by atoms with Crippen molar-refractivity contribution in [3.05, 3.63) is 42.5 Å². The summed E-state index contributed by atoms with van der Waals surface area (Å²) in [5.41, 5.74) is -0.457. The SMILES string of the molecule is C=C[C@]1(C)C[C@@H](OC(=O)CSC(C)(C)CNC(=O)c2ccc(NC(C)=O)cc2)[C@]2(C)[C@H](C)CC[C@]3(CCC(=O)[C@@H]32)[C@@H](C)[C@@H]1O. The van der Waals surface area contributed by atoms with E-state index in [-0.39, 0.29) is 52.5 Å². The monoisotopic (exact) mass is 626 g/mol. The number of aliphatic hydroxyl groups is 1. The Labute approximate surface area is 266 Å². The van der Waals surface area contributed by atoms with Crippen LogP contribution in [0.2, 0.25) is 0 Å². The lowest BCUT2D eigenvalue weighted by Gasteiger charge is -2.61. The van der Waals surface area contributed by atoms with E-state index in [4.69, 9.17) is 4.74 Å². The fourth-order valence-corrected chi connectivity index (χ4v) is 9.05. The van der Waals surface area contributed by atoms with Gasteiger partial charge in [-0.1, -0.05) is 33.8 Å². The van der Waals surface area contributed by atoms with Crippen LogP contribution in [0.25, 0.3) is 0 Å². The third kappa shape index (κ3) is 6.37. The summed E-state index contributed by atoms with van der Waals surface area (Å²) < 4.78 is 5.89. The molecule has 3 aliphatic carbocycles. The molecular weight excluding hydrogens is 576 g/mol. The van der Waals surface area contributed by atoms with Crippen molar-refractivity contribution in [2.45, 2.75) is 97.5 Å². The molecule has 0 saturated heterocycles. The molecule has 2 amide bonds. The van der Waals surface area contributed by atoms with E-state index in [2.05, 4.69) is 38.0 Å². The molecule has 4 rings (SSSR count). The van der Waals surface area contributed by atoms with Gasteiger partial charge in [-0.15, -0.1) is 18.3 Å². The van der Waals surface area contributed by atoms with Gasteiger partial charge in [0, 0.05) is 52.6 Å². The molecule has 2 bridgehead atoms. The number of nitrogens with one attached hydrogen (secondary N) is 2. The molecule has 44 heavy (non-hydrogen) atoms. The molecule has 0 heterocycles.